The number of benzene rings is 3. The third-order valence-corrected chi connectivity index (χ3v) is 5.77. The van der Waals surface area contributed by atoms with E-state index in [2.05, 4.69) is 10.5 Å². The summed E-state index contributed by atoms with van der Waals surface area (Å²) in [7, 11) is -0.688. The summed E-state index contributed by atoms with van der Waals surface area (Å²) in [6.45, 7) is -0.450. The molecule has 1 N–H and O–H groups in total. The topological polar surface area (TPSA) is 107 Å². The number of para-hydroxylation sites is 1. The van der Waals surface area contributed by atoms with Gasteiger partial charge in [0, 0.05) is 11.6 Å². The molecule has 0 saturated carbocycles. The van der Waals surface area contributed by atoms with Crippen molar-refractivity contribution in [1.29, 1.82) is 0 Å². The summed E-state index contributed by atoms with van der Waals surface area (Å²) in [5.41, 5.74) is 3.27. The molecule has 0 unspecified atom stereocenters. The van der Waals surface area contributed by atoms with E-state index < -0.39 is 22.5 Å². The molecule has 34 heavy (non-hydrogen) atoms. The van der Waals surface area contributed by atoms with Crippen LogP contribution in [-0.2, 0) is 14.8 Å². The third kappa shape index (κ3) is 6.72. The highest BCUT2D eigenvalue weighted by Crippen LogP contribution is 2.25. The van der Waals surface area contributed by atoms with E-state index in [9.17, 15) is 13.2 Å². The smallest absolute Gasteiger partial charge is 0.260 e. The summed E-state index contributed by atoms with van der Waals surface area (Å²) in [5.74, 6) is 1.69. The maximum Gasteiger partial charge on any atom is 0.260 e. The molecule has 0 bridgehead atoms. The maximum atomic E-state index is 12.4. The number of carbonyl (C=O) groups is 1. The summed E-state index contributed by atoms with van der Waals surface area (Å²) < 4.78 is 41.8. The van der Waals surface area contributed by atoms with E-state index in [1.54, 1.807) is 49.6 Å². The Morgan fingerprint density at radius 3 is 2.21 bits per heavy atom. The van der Waals surface area contributed by atoms with Crippen molar-refractivity contribution < 1.29 is 27.4 Å². The average Bonchev–Trinajstić information content (AvgIpc) is 2.83. The molecule has 0 aliphatic rings. The molecule has 0 spiro atoms. The Hall–Kier alpha value is -4.05. The number of nitrogens with one attached hydrogen (secondary N) is 1. The second-order valence-electron chi connectivity index (χ2n) is 7.08. The molecule has 0 radical (unpaired) electrons. The van der Waals surface area contributed by atoms with Gasteiger partial charge in [0.15, 0.2) is 0 Å². The molecule has 0 saturated heterocycles. The largest absolute Gasteiger partial charge is 0.497 e. The van der Waals surface area contributed by atoms with E-state index in [0.717, 1.165) is 10.6 Å². The van der Waals surface area contributed by atoms with Gasteiger partial charge in [-0.15, -0.1) is 0 Å². The minimum Gasteiger partial charge on any atom is -0.497 e. The standard InChI is InChI=1S/C24H25N3O6S/c1-31-22-12-9-18(23(15-22)32-2)16-25-26-24(28)17-27(34(3,29)30)19-10-13-21(14-11-19)33-20-7-5-4-6-8-20/h4-16H,17H2,1-3H3,(H,26,28)/b25-16-. The molecule has 3 aromatic rings. The van der Waals surface area contributed by atoms with Gasteiger partial charge in [-0.25, -0.2) is 13.8 Å². The van der Waals surface area contributed by atoms with E-state index >= 15 is 0 Å². The first-order chi connectivity index (χ1) is 16.3. The number of hydrogen-bond acceptors (Lipinski definition) is 7. The van der Waals surface area contributed by atoms with Crippen molar-refractivity contribution in [1.82, 2.24) is 5.43 Å². The quantitative estimate of drug-likeness (QED) is 0.350. The van der Waals surface area contributed by atoms with Crippen LogP contribution in [0.5, 0.6) is 23.0 Å². The van der Waals surface area contributed by atoms with Crippen LogP contribution in [0, 0.1) is 0 Å². The fourth-order valence-electron chi connectivity index (χ4n) is 2.97. The SMILES string of the molecule is COc1ccc(/C=N\NC(=O)CN(c2ccc(Oc3ccccc3)cc2)S(C)(=O)=O)c(OC)c1. The van der Waals surface area contributed by atoms with Gasteiger partial charge in [-0.3, -0.25) is 9.10 Å². The highest BCUT2D eigenvalue weighted by molar-refractivity contribution is 7.92. The lowest BCUT2D eigenvalue weighted by Crippen LogP contribution is -2.39. The molecule has 178 valence electrons. The van der Waals surface area contributed by atoms with Crippen LogP contribution in [0.3, 0.4) is 0 Å². The van der Waals surface area contributed by atoms with Crippen LogP contribution in [0.1, 0.15) is 5.56 Å². The highest BCUT2D eigenvalue weighted by Gasteiger charge is 2.21. The van der Waals surface area contributed by atoms with Crippen molar-refractivity contribution in [2.24, 2.45) is 5.10 Å². The molecule has 0 aliphatic heterocycles. The van der Waals surface area contributed by atoms with Gasteiger partial charge in [-0.1, -0.05) is 18.2 Å². The molecule has 10 heteroatoms. The van der Waals surface area contributed by atoms with Gasteiger partial charge in [-0.05, 0) is 48.5 Å². The molecule has 1 amide bonds. The first kappa shape index (κ1) is 24.6. The number of rotatable bonds is 10. The van der Waals surface area contributed by atoms with Gasteiger partial charge in [0.2, 0.25) is 10.0 Å². The minimum absolute atomic E-state index is 0.318. The van der Waals surface area contributed by atoms with Gasteiger partial charge in [0.1, 0.15) is 29.5 Å². The number of anilines is 1. The Labute approximate surface area is 198 Å². The van der Waals surface area contributed by atoms with Crippen molar-refractivity contribution in [2.45, 2.75) is 0 Å². The first-order valence-electron chi connectivity index (χ1n) is 10.1. The minimum atomic E-state index is -3.73. The fourth-order valence-corrected chi connectivity index (χ4v) is 3.83. The second kappa shape index (κ2) is 11.2. The Morgan fingerprint density at radius 2 is 1.59 bits per heavy atom. The first-order valence-corrected chi connectivity index (χ1v) is 12.0. The highest BCUT2D eigenvalue weighted by atomic mass is 32.2. The average molecular weight is 484 g/mol. The molecule has 3 aromatic carbocycles. The normalized spacial score (nSPS) is 11.1. The van der Waals surface area contributed by atoms with Crippen LogP contribution in [0.25, 0.3) is 0 Å². The number of carbonyl (C=O) groups excluding carboxylic acids is 1. The third-order valence-electron chi connectivity index (χ3n) is 4.62. The van der Waals surface area contributed by atoms with Crippen molar-refractivity contribution >= 4 is 27.8 Å². The molecular formula is C24H25N3O6S. The number of ether oxygens (including phenoxy) is 3. The Bertz CT molecular complexity index is 1250. The Kier molecular flexibility index (Phi) is 8.10. The fraction of sp³-hybridized carbons (Fsp3) is 0.167. The maximum absolute atomic E-state index is 12.4. The summed E-state index contributed by atoms with van der Waals surface area (Å²) in [5, 5.41) is 3.91. The van der Waals surface area contributed by atoms with Crippen molar-refractivity contribution in [3.8, 4) is 23.0 Å². The van der Waals surface area contributed by atoms with E-state index in [0.29, 0.717) is 34.2 Å². The zero-order valence-electron chi connectivity index (χ0n) is 19.0. The van der Waals surface area contributed by atoms with Gasteiger partial charge >= 0.3 is 0 Å². The summed E-state index contributed by atoms with van der Waals surface area (Å²) in [4.78, 5) is 12.4. The Balaban J connectivity index is 1.67. The number of sulfonamides is 1. The second-order valence-corrected chi connectivity index (χ2v) is 8.99. The number of amides is 1. The Morgan fingerprint density at radius 1 is 0.941 bits per heavy atom. The predicted octanol–water partition coefficient (Wildman–Crippen LogP) is 3.41. The van der Waals surface area contributed by atoms with Crippen molar-refractivity contribution in [3.63, 3.8) is 0 Å². The lowest BCUT2D eigenvalue weighted by atomic mass is 10.2. The van der Waals surface area contributed by atoms with Gasteiger partial charge in [0.25, 0.3) is 5.91 Å². The predicted molar refractivity (Wildman–Crippen MR) is 130 cm³/mol. The molecule has 0 fully saturated rings. The lowest BCUT2D eigenvalue weighted by Gasteiger charge is -2.21. The molecule has 3 rings (SSSR count). The van der Waals surface area contributed by atoms with Crippen LogP contribution >= 0.6 is 0 Å². The van der Waals surface area contributed by atoms with Gasteiger partial charge < -0.3 is 14.2 Å². The molecule has 0 aromatic heterocycles. The van der Waals surface area contributed by atoms with Crippen LogP contribution in [-0.4, -0.2) is 47.6 Å². The van der Waals surface area contributed by atoms with Crippen LogP contribution in [0.2, 0.25) is 0 Å². The van der Waals surface area contributed by atoms with Crippen LogP contribution < -0.4 is 23.9 Å². The number of hydrogen-bond donors (Lipinski definition) is 1. The zero-order chi connectivity index (χ0) is 24.6. The summed E-state index contributed by atoms with van der Waals surface area (Å²) >= 11 is 0. The van der Waals surface area contributed by atoms with Crippen molar-refractivity contribution in [2.75, 3.05) is 31.3 Å². The molecule has 0 heterocycles. The van der Waals surface area contributed by atoms with E-state index in [1.165, 1.54) is 13.3 Å². The summed E-state index contributed by atoms with van der Waals surface area (Å²) in [6, 6.07) is 20.7. The molecule has 9 nitrogen and oxygen atoms in total. The molecular weight excluding hydrogens is 458 g/mol. The van der Waals surface area contributed by atoms with E-state index in [-0.39, 0.29) is 0 Å². The van der Waals surface area contributed by atoms with Crippen LogP contribution in [0.15, 0.2) is 77.9 Å². The molecule has 0 aliphatic carbocycles. The van der Waals surface area contributed by atoms with Crippen molar-refractivity contribution in [3.05, 3.63) is 78.4 Å². The van der Waals surface area contributed by atoms with Gasteiger partial charge in [0.05, 0.1) is 32.4 Å². The van der Waals surface area contributed by atoms with E-state index in [1.807, 2.05) is 30.3 Å². The summed E-state index contributed by atoms with van der Waals surface area (Å²) in [6.07, 6.45) is 2.43. The monoisotopic (exact) mass is 483 g/mol. The van der Waals surface area contributed by atoms with E-state index in [4.69, 9.17) is 14.2 Å². The number of methoxy groups -OCH3 is 2. The van der Waals surface area contributed by atoms with Crippen LogP contribution in [0.4, 0.5) is 5.69 Å². The molecule has 0 atom stereocenters. The number of hydrazone groups is 1. The lowest BCUT2D eigenvalue weighted by molar-refractivity contribution is -0.119. The zero-order valence-corrected chi connectivity index (χ0v) is 19.8. The number of nitrogens with zero attached hydrogens (tertiary/aromatic N) is 2. The van der Waals surface area contributed by atoms with Gasteiger partial charge in [-0.2, -0.15) is 5.10 Å².